The van der Waals surface area contributed by atoms with Crippen LogP contribution in [0.15, 0.2) is 0 Å². The lowest BCUT2D eigenvalue weighted by atomic mass is 10.2. The largest absolute Gasteiger partial charge is 0.472 e. The monoisotopic (exact) mass is 650 g/mol. The molecule has 0 rings (SSSR count). The highest BCUT2D eigenvalue weighted by molar-refractivity contribution is 7.47. The first-order valence-electron chi connectivity index (χ1n) is 12.5. The van der Waals surface area contributed by atoms with Gasteiger partial charge in [0, 0.05) is 40.8 Å². The van der Waals surface area contributed by atoms with E-state index in [-0.39, 0.29) is 13.1 Å². The molecule has 0 aromatic heterocycles. The van der Waals surface area contributed by atoms with Gasteiger partial charge in [0.2, 0.25) is 11.8 Å². The van der Waals surface area contributed by atoms with Crippen LogP contribution in [0.1, 0.15) is 41.5 Å². The Kier molecular flexibility index (Phi) is 18.3. The van der Waals surface area contributed by atoms with Crippen molar-refractivity contribution in [3.63, 3.8) is 0 Å². The Morgan fingerprint density at radius 1 is 0.643 bits per heavy atom. The van der Waals surface area contributed by atoms with Crippen molar-refractivity contribution < 1.29 is 70.5 Å². The van der Waals surface area contributed by atoms with Crippen molar-refractivity contribution in [3.05, 3.63) is 0 Å². The van der Waals surface area contributed by atoms with Crippen LogP contribution < -0.4 is 21.3 Å². The molecule has 21 heteroatoms. The minimum atomic E-state index is -4.61. The van der Waals surface area contributed by atoms with Gasteiger partial charge >= 0.3 is 33.6 Å². The van der Waals surface area contributed by atoms with Crippen molar-refractivity contribution in [2.75, 3.05) is 39.5 Å². The molecule has 4 amide bonds. The first-order valence-corrected chi connectivity index (χ1v) is 15.5. The van der Waals surface area contributed by atoms with Crippen LogP contribution in [0.2, 0.25) is 0 Å². The SMILES string of the molecule is CC(=O)N[C@@H](COP(=O)(O)OCCNC(=O)NCCOP(=O)(O)OC[C@H](NC(C)=O)[C@H](C)OC(C)=O)[C@H](C)OC(C)=O. The van der Waals surface area contributed by atoms with Gasteiger partial charge < -0.3 is 40.5 Å². The molecule has 19 nitrogen and oxygen atoms in total. The summed E-state index contributed by atoms with van der Waals surface area (Å²) in [5, 5.41) is 9.44. The Morgan fingerprint density at radius 2 is 0.976 bits per heavy atom. The summed E-state index contributed by atoms with van der Waals surface area (Å²) in [6.45, 7) is 5.17. The molecule has 0 bridgehead atoms. The van der Waals surface area contributed by atoms with Gasteiger partial charge in [-0.2, -0.15) is 0 Å². The number of esters is 2. The van der Waals surface area contributed by atoms with Gasteiger partial charge in [0.25, 0.3) is 0 Å². The third-order valence-electron chi connectivity index (χ3n) is 4.73. The molecule has 0 aromatic rings. The van der Waals surface area contributed by atoms with Crippen molar-refractivity contribution in [3.8, 4) is 0 Å². The minimum absolute atomic E-state index is 0.244. The number of urea groups is 1. The maximum atomic E-state index is 12.1. The average molecular weight is 651 g/mol. The van der Waals surface area contributed by atoms with E-state index in [1.165, 1.54) is 27.7 Å². The highest BCUT2D eigenvalue weighted by atomic mass is 31.2. The highest BCUT2D eigenvalue weighted by Crippen LogP contribution is 2.43. The normalized spacial score (nSPS) is 16.8. The number of carbonyl (C=O) groups excluding carboxylic acids is 5. The van der Waals surface area contributed by atoms with Gasteiger partial charge in [0.15, 0.2) is 0 Å². The van der Waals surface area contributed by atoms with Crippen LogP contribution >= 0.6 is 15.6 Å². The number of phosphoric ester groups is 2. The Bertz CT molecular complexity index is 938. The van der Waals surface area contributed by atoms with Gasteiger partial charge in [-0.1, -0.05) is 0 Å². The second-order valence-electron chi connectivity index (χ2n) is 8.62. The van der Waals surface area contributed by atoms with E-state index in [4.69, 9.17) is 27.6 Å². The summed E-state index contributed by atoms with van der Waals surface area (Å²) in [6.07, 6.45) is -1.74. The van der Waals surface area contributed by atoms with E-state index < -0.39 is 96.1 Å². The zero-order valence-corrected chi connectivity index (χ0v) is 25.9. The number of hydrogen-bond donors (Lipinski definition) is 6. The molecule has 0 radical (unpaired) electrons. The van der Waals surface area contributed by atoms with E-state index in [9.17, 15) is 42.9 Å². The summed E-state index contributed by atoms with van der Waals surface area (Å²) in [5.41, 5.74) is 0. The first-order chi connectivity index (χ1) is 19.3. The van der Waals surface area contributed by atoms with E-state index in [1.807, 2.05) is 0 Å². The fraction of sp³-hybridized carbons (Fsp3) is 0.762. The number of amides is 4. The van der Waals surface area contributed by atoms with Gasteiger partial charge in [0.05, 0.1) is 38.5 Å². The van der Waals surface area contributed by atoms with Crippen molar-refractivity contribution in [2.45, 2.75) is 65.8 Å². The van der Waals surface area contributed by atoms with Crippen molar-refractivity contribution in [1.82, 2.24) is 21.3 Å². The second-order valence-corrected chi connectivity index (χ2v) is 11.5. The molecule has 0 spiro atoms. The molecular weight excluding hydrogens is 610 g/mol. The number of hydrogen-bond acceptors (Lipinski definition) is 13. The van der Waals surface area contributed by atoms with Gasteiger partial charge in [-0.3, -0.25) is 37.3 Å². The number of carbonyl (C=O) groups is 5. The van der Waals surface area contributed by atoms with Crippen LogP contribution in [0.3, 0.4) is 0 Å². The van der Waals surface area contributed by atoms with Crippen LogP contribution in [0.5, 0.6) is 0 Å². The van der Waals surface area contributed by atoms with Crippen molar-refractivity contribution in [1.29, 1.82) is 0 Å². The molecule has 2 unspecified atom stereocenters. The highest BCUT2D eigenvalue weighted by Gasteiger charge is 2.29. The number of nitrogens with one attached hydrogen (secondary N) is 4. The smallest absolute Gasteiger partial charge is 0.461 e. The Balaban J connectivity index is 4.41. The molecule has 244 valence electrons. The van der Waals surface area contributed by atoms with Crippen molar-refractivity contribution in [2.24, 2.45) is 0 Å². The third kappa shape index (κ3) is 20.3. The standard InChI is InChI=1S/C21H40N4O15P2/c1-13(39-17(5)28)19(24-15(3)26)11-37-41(31,32)35-9-7-22-21(30)23-8-10-36-42(33,34)38-12-20(25-16(4)27)14(2)40-18(6)29/h13-14,19-20H,7-12H2,1-6H3,(H,24,26)(H,25,27)(H,31,32)(H,33,34)(H2,22,23,30)/t13-,14-,19-,20-/m0/s1. The molecule has 0 heterocycles. The predicted octanol–water partition coefficient (Wildman–Crippen LogP) is -0.535. The number of ether oxygens (including phenoxy) is 2. The maximum absolute atomic E-state index is 12.1. The molecule has 0 aliphatic heterocycles. The molecule has 0 aliphatic rings. The fourth-order valence-corrected chi connectivity index (χ4v) is 4.43. The maximum Gasteiger partial charge on any atom is 0.472 e. The van der Waals surface area contributed by atoms with Gasteiger partial charge in [-0.15, -0.1) is 0 Å². The topological polar surface area (TPSA) is 263 Å². The van der Waals surface area contributed by atoms with E-state index in [0.29, 0.717) is 0 Å². The lowest BCUT2D eigenvalue weighted by Gasteiger charge is -2.25. The van der Waals surface area contributed by atoms with Gasteiger partial charge in [-0.05, 0) is 13.8 Å². The molecule has 0 aromatic carbocycles. The number of phosphoric acid groups is 2. The summed E-state index contributed by atoms with van der Waals surface area (Å²) < 4.78 is 53.2. The Hall–Kier alpha value is -2.63. The van der Waals surface area contributed by atoms with Crippen LogP contribution in [-0.4, -0.2) is 103 Å². The zero-order chi connectivity index (χ0) is 32.5. The van der Waals surface area contributed by atoms with E-state index in [1.54, 1.807) is 0 Å². The predicted molar refractivity (Wildman–Crippen MR) is 143 cm³/mol. The molecule has 6 atom stereocenters. The Labute approximate surface area is 242 Å². The lowest BCUT2D eigenvalue weighted by molar-refractivity contribution is -0.148. The molecule has 0 fully saturated rings. The molecule has 6 N–H and O–H groups in total. The third-order valence-corrected chi connectivity index (χ3v) is 6.70. The summed E-state index contributed by atoms with van der Waals surface area (Å²) in [7, 11) is -9.22. The average Bonchev–Trinajstić information content (AvgIpc) is 2.83. The van der Waals surface area contributed by atoms with E-state index in [0.717, 1.165) is 13.8 Å². The Morgan fingerprint density at radius 3 is 1.26 bits per heavy atom. The number of rotatable bonds is 20. The minimum Gasteiger partial charge on any atom is -0.461 e. The van der Waals surface area contributed by atoms with E-state index >= 15 is 0 Å². The van der Waals surface area contributed by atoms with Crippen LogP contribution in [0.4, 0.5) is 4.79 Å². The summed E-state index contributed by atoms with van der Waals surface area (Å²) in [4.78, 5) is 76.4. The summed E-state index contributed by atoms with van der Waals surface area (Å²) in [6, 6.07) is -2.65. The van der Waals surface area contributed by atoms with E-state index in [2.05, 4.69) is 21.3 Å². The molecule has 42 heavy (non-hydrogen) atoms. The molecular formula is C21H40N4O15P2. The van der Waals surface area contributed by atoms with Gasteiger partial charge in [-0.25, -0.2) is 13.9 Å². The van der Waals surface area contributed by atoms with Crippen molar-refractivity contribution >= 4 is 45.4 Å². The molecule has 0 saturated carbocycles. The zero-order valence-electron chi connectivity index (χ0n) is 24.1. The summed E-state index contributed by atoms with van der Waals surface area (Å²) >= 11 is 0. The second kappa shape index (κ2) is 19.5. The lowest BCUT2D eigenvalue weighted by Crippen LogP contribution is -2.46. The van der Waals surface area contributed by atoms with Crippen LogP contribution in [0.25, 0.3) is 0 Å². The molecule has 0 aliphatic carbocycles. The fourth-order valence-electron chi connectivity index (χ4n) is 2.94. The first kappa shape index (κ1) is 39.4. The van der Waals surface area contributed by atoms with Crippen LogP contribution in [0, 0.1) is 0 Å². The van der Waals surface area contributed by atoms with Crippen LogP contribution in [-0.2, 0) is 55.9 Å². The molecule has 0 saturated heterocycles. The quantitative estimate of drug-likeness (QED) is 0.0549. The van der Waals surface area contributed by atoms with Gasteiger partial charge in [0.1, 0.15) is 12.2 Å². The summed E-state index contributed by atoms with van der Waals surface area (Å²) in [5.74, 6) is -2.24.